The topological polar surface area (TPSA) is 220 Å². The van der Waals surface area contributed by atoms with E-state index < -0.39 is 35.5 Å². The summed E-state index contributed by atoms with van der Waals surface area (Å²) < 4.78 is 28.6. The smallest absolute Gasteiger partial charge is 0.308 e. The molecule has 5 aromatic carbocycles. The number of carbonyl (C=O) groups excluding carboxylic acids is 7. The van der Waals surface area contributed by atoms with Gasteiger partial charge in [-0.25, -0.2) is 0 Å². The summed E-state index contributed by atoms with van der Waals surface area (Å²) in [6.07, 6.45) is 5.02. The van der Waals surface area contributed by atoms with E-state index in [1.165, 1.54) is 21.9 Å². The van der Waals surface area contributed by atoms with Gasteiger partial charge in [0.2, 0.25) is 23.6 Å². The summed E-state index contributed by atoms with van der Waals surface area (Å²) >= 11 is 0. The van der Waals surface area contributed by atoms with Crippen molar-refractivity contribution in [3.05, 3.63) is 173 Å². The normalized spacial score (nSPS) is 25.6. The standard InChI is InChI=1S/C69H80N6O12/c1-2-3-27-87-63(76)26-28-83-29-30-84-31-32-85-33-34-86-62-35-48(68(81)74-40-54(64(77)70-58-36-50(58)44-16-8-4-9-17-44)55(41-74)65(78)71-59-37-51(59)45-18-10-5-11-19-45)24-25-49(62)69(82)75-42-56(66(79)72-60-38-52(60)46-20-12-6-13-21-46)57(43-75)67(80)73-61-39-53(61)47-22-14-7-15-23-47/h4-25,35,50-61H,2-3,26-34,36-43H2,1H3,(H,70,77)(H,71,78)(H,72,79)(H,73,80)/t50-,51-,52-,53-,54-,55-,56-,57-,58+,59+,60+,61+/m1/s1. The van der Waals surface area contributed by atoms with Crippen LogP contribution in [0.15, 0.2) is 140 Å². The van der Waals surface area contributed by atoms with Crippen LogP contribution >= 0.6 is 0 Å². The Labute approximate surface area is 508 Å². The minimum Gasteiger partial charge on any atom is -0.490 e. The molecule has 4 N–H and O–H groups in total. The van der Waals surface area contributed by atoms with Gasteiger partial charge in [0.25, 0.3) is 11.8 Å². The van der Waals surface area contributed by atoms with Gasteiger partial charge < -0.3 is 54.8 Å². The van der Waals surface area contributed by atoms with Crippen LogP contribution in [0.25, 0.3) is 0 Å². The van der Waals surface area contributed by atoms with Crippen LogP contribution in [0, 0.1) is 23.7 Å². The molecule has 0 unspecified atom stereocenters. The van der Waals surface area contributed by atoms with Crippen molar-refractivity contribution in [2.75, 3.05) is 79.0 Å². The predicted molar refractivity (Wildman–Crippen MR) is 324 cm³/mol. The summed E-state index contributed by atoms with van der Waals surface area (Å²) in [5.74, 6) is -5.00. The first kappa shape index (κ1) is 60.7. The Balaban J connectivity index is 0.778. The second kappa shape index (κ2) is 28.7. The lowest BCUT2D eigenvalue weighted by molar-refractivity contribution is -0.145. The van der Waals surface area contributed by atoms with E-state index in [0.29, 0.717) is 19.8 Å². The van der Waals surface area contributed by atoms with E-state index >= 15 is 4.79 Å². The van der Waals surface area contributed by atoms with Crippen LogP contribution in [0.3, 0.4) is 0 Å². The summed E-state index contributed by atoms with van der Waals surface area (Å²) in [5.41, 5.74) is 4.81. The van der Waals surface area contributed by atoms with E-state index in [4.69, 9.17) is 23.7 Å². The molecular weight excluding hydrogens is 1100 g/mol. The number of likely N-dealkylation sites (tertiary alicyclic amines) is 2. The first-order valence-corrected chi connectivity index (χ1v) is 31.2. The van der Waals surface area contributed by atoms with E-state index in [1.807, 2.05) is 128 Å². The van der Waals surface area contributed by atoms with Gasteiger partial charge >= 0.3 is 5.97 Å². The Bertz CT molecular complexity index is 3040. The summed E-state index contributed by atoms with van der Waals surface area (Å²) in [7, 11) is 0. The monoisotopic (exact) mass is 1180 g/mol. The average molecular weight is 1190 g/mol. The molecule has 0 radical (unpaired) electrons. The number of carbonyl (C=O) groups is 7. The van der Waals surface area contributed by atoms with Crippen molar-refractivity contribution in [1.29, 1.82) is 0 Å². The van der Waals surface area contributed by atoms with Crippen molar-refractivity contribution in [1.82, 2.24) is 31.1 Å². The number of ether oxygens (including phenoxy) is 5. The second-order valence-corrected chi connectivity index (χ2v) is 24.0. The third kappa shape index (κ3) is 15.8. The lowest BCUT2D eigenvalue weighted by atomic mass is 9.94. The molecule has 4 aliphatic carbocycles. The van der Waals surface area contributed by atoms with E-state index in [-0.39, 0.29) is 160 Å². The third-order valence-electron chi connectivity index (χ3n) is 17.8. The van der Waals surface area contributed by atoms with Gasteiger partial charge in [-0.3, -0.25) is 33.6 Å². The molecule has 6 fully saturated rings. The van der Waals surface area contributed by atoms with Gasteiger partial charge in [0, 0.05) is 79.6 Å². The Morgan fingerprint density at radius 2 is 0.782 bits per heavy atom. The summed E-state index contributed by atoms with van der Waals surface area (Å²) in [4.78, 5) is 102. The first-order chi connectivity index (χ1) is 42.5. The molecule has 2 aliphatic heterocycles. The van der Waals surface area contributed by atoms with Crippen LogP contribution in [0.1, 0.15) is 119 Å². The number of rotatable bonds is 30. The van der Waals surface area contributed by atoms with Crippen molar-refractivity contribution >= 4 is 41.4 Å². The molecule has 18 nitrogen and oxygen atoms in total. The summed E-state index contributed by atoms with van der Waals surface area (Å²) in [6, 6.07) is 44.2. The number of benzene rings is 5. The molecule has 6 amide bonds. The van der Waals surface area contributed by atoms with Crippen LogP contribution in [0.4, 0.5) is 0 Å². The number of nitrogens with zero attached hydrogens (tertiary/aromatic N) is 2. The summed E-state index contributed by atoms with van der Waals surface area (Å²) in [5, 5.41) is 12.8. The maximum Gasteiger partial charge on any atom is 0.308 e. The number of nitrogens with one attached hydrogen (secondary N) is 4. The highest BCUT2D eigenvalue weighted by molar-refractivity contribution is 6.02. The Hall–Kier alpha value is -7.93. The van der Waals surface area contributed by atoms with Gasteiger partial charge in [-0.05, 0) is 72.6 Å². The highest BCUT2D eigenvalue weighted by Gasteiger charge is 2.51. The van der Waals surface area contributed by atoms with Gasteiger partial charge in [0.15, 0.2) is 0 Å². The molecule has 0 aromatic heterocycles. The minimum atomic E-state index is -0.842. The van der Waals surface area contributed by atoms with Crippen LogP contribution in [-0.2, 0) is 42.9 Å². The van der Waals surface area contributed by atoms with Crippen LogP contribution in [0.5, 0.6) is 5.75 Å². The molecule has 5 aromatic rings. The summed E-state index contributed by atoms with van der Waals surface area (Å²) in [6.45, 7) is 3.72. The fourth-order valence-corrected chi connectivity index (χ4v) is 12.5. The molecule has 4 saturated carbocycles. The number of hydrogen-bond donors (Lipinski definition) is 4. The zero-order valence-electron chi connectivity index (χ0n) is 49.4. The predicted octanol–water partition coefficient (Wildman–Crippen LogP) is 6.91. The lowest BCUT2D eigenvalue weighted by Gasteiger charge is -2.21. The zero-order chi connectivity index (χ0) is 60.2. The zero-order valence-corrected chi connectivity index (χ0v) is 49.4. The average Bonchev–Trinajstić information content (AvgIpc) is 2.21. The van der Waals surface area contributed by atoms with Gasteiger partial charge in [0.05, 0.1) is 81.9 Å². The molecule has 0 spiro atoms. The molecule has 458 valence electrons. The molecule has 11 rings (SSSR count). The van der Waals surface area contributed by atoms with Gasteiger partial charge in [0.1, 0.15) is 12.4 Å². The molecule has 12 atom stereocenters. The molecule has 2 heterocycles. The Kier molecular flexibility index (Phi) is 20.1. The van der Waals surface area contributed by atoms with Crippen molar-refractivity contribution in [3.8, 4) is 5.75 Å². The molecule has 87 heavy (non-hydrogen) atoms. The van der Waals surface area contributed by atoms with Crippen LogP contribution in [-0.4, -0.2) is 154 Å². The van der Waals surface area contributed by atoms with Crippen molar-refractivity contribution in [2.45, 2.75) is 99.7 Å². The SMILES string of the molecule is CCCCOC(=O)CCOCCOCCOCCOc1cc(C(=O)N2C[C@@H](C(=O)N[C@H]3C[C@@H]3c3ccccc3)[C@H](C(=O)N[C@H]3C[C@@H]3c3ccccc3)C2)ccc1C(=O)N1C[C@@H](C(=O)N[C@H]2C[C@@H]2c2ccccc2)[C@H](C(=O)N[C@H]2C[C@@H]2c2ccccc2)C1. The molecular formula is C69H80N6O12. The quantitative estimate of drug-likeness (QED) is 0.0272. The minimum absolute atomic E-state index is 0.00842. The van der Waals surface area contributed by atoms with E-state index in [0.717, 1.165) is 60.8 Å². The van der Waals surface area contributed by atoms with Crippen molar-refractivity contribution < 1.29 is 57.2 Å². The highest BCUT2D eigenvalue weighted by Crippen LogP contribution is 2.45. The fraction of sp³-hybridized carbons (Fsp3) is 0.464. The van der Waals surface area contributed by atoms with E-state index in [9.17, 15) is 28.8 Å². The number of unbranched alkanes of at least 4 members (excludes halogenated alkanes) is 1. The van der Waals surface area contributed by atoms with Gasteiger partial charge in [-0.15, -0.1) is 0 Å². The molecule has 0 bridgehead atoms. The Morgan fingerprint density at radius 3 is 1.16 bits per heavy atom. The Morgan fingerprint density at radius 1 is 0.425 bits per heavy atom. The van der Waals surface area contributed by atoms with Gasteiger partial charge in [-0.2, -0.15) is 0 Å². The second-order valence-electron chi connectivity index (χ2n) is 24.0. The van der Waals surface area contributed by atoms with E-state index in [2.05, 4.69) is 21.3 Å². The van der Waals surface area contributed by atoms with E-state index in [1.54, 1.807) is 6.07 Å². The fourth-order valence-electron chi connectivity index (χ4n) is 12.5. The van der Waals surface area contributed by atoms with Gasteiger partial charge in [-0.1, -0.05) is 135 Å². The molecule has 18 heteroatoms. The number of esters is 1. The maximum atomic E-state index is 15.0. The first-order valence-electron chi connectivity index (χ1n) is 31.2. The van der Waals surface area contributed by atoms with Crippen LogP contribution < -0.4 is 26.0 Å². The van der Waals surface area contributed by atoms with Crippen molar-refractivity contribution in [2.24, 2.45) is 23.7 Å². The lowest BCUT2D eigenvalue weighted by Crippen LogP contribution is -2.43. The third-order valence-corrected chi connectivity index (χ3v) is 17.8. The number of hydrogen-bond acceptors (Lipinski definition) is 12. The highest BCUT2D eigenvalue weighted by atomic mass is 16.6. The molecule has 6 aliphatic rings. The maximum absolute atomic E-state index is 15.0. The van der Waals surface area contributed by atoms with Crippen LogP contribution in [0.2, 0.25) is 0 Å². The largest absolute Gasteiger partial charge is 0.490 e. The molecule has 2 saturated heterocycles. The van der Waals surface area contributed by atoms with Crippen molar-refractivity contribution in [3.63, 3.8) is 0 Å². The number of amides is 6.